The van der Waals surface area contributed by atoms with Crippen LogP contribution in [0.5, 0.6) is 0 Å². The summed E-state index contributed by atoms with van der Waals surface area (Å²) >= 11 is 0. The van der Waals surface area contributed by atoms with Crippen LogP contribution in [0, 0.1) is 0 Å². The highest BCUT2D eigenvalue weighted by Gasteiger charge is 2.07. The lowest BCUT2D eigenvalue weighted by molar-refractivity contribution is -0.119. The minimum atomic E-state index is -1.19. The van der Waals surface area contributed by atoms with Crippen molar-refractivity contribution in [1.29, 1.82) is 0 Å². The van der Waals surface area contributed by atoms with Crippen LogP contribution in [0.4, 0.5) is 4.39 Å². The van der Waals surface area contributed by atoms with E-state index in [1.807, 2.05) is 6.92 Å². The highest BCUT2D eigenvalue weighted by atomic mass is 19.1. The second kappa shape index (κ2) is 14.8. The third kappa shape index (κ3) is 15.9. The first-order chi connectivity index (χ1) is 11.0. The number of amides is 1. The summed E-state index contributed by atoms with van der Waals surface area (Å²) in [7, 11) is 0. The molecule has 0 aliphatic carbocycles. The average molecular weight is 336 g/mol. The lowest BCUT2D eigenvalue weighted by atomic mass is 10.2. The molecule has 0 aromatic heterocycles. The molecule has 7 heteroatoms. The van der Waals surface area contributed by atoms with Gasteiger partial charge in [-0.15, -0.1) is 0 Å². The van der Waals surface area contributed by atoms with Crippen LogP contribution in [-0.2, 0) is 19.0 Å². The van der Waals surface area contributed by atoms with Crippen molar-refractivity contribution in [2.45, 2.75) is 52.4 Å². The Morgan fingerprint density at radius 1 is 1.09 bits per heavy atom. The minimum absolute atomic E-state index is 0.0212. The van der Waals surface area contributed by atoms with Crippen LogP contribution >= 0.6 is 0 Å². The largest absolute Gasteiger partial charge is 0.377 e. The lowest BCUT2D eigenvalue weighted by Gasteiger charge is -2.17. The van der Waals surface area contributed by atoms with E-state index in [-0.39, 0.29) is 25.2 Å². The third-order valence-corrected chi connectivity index (χ3v) is 3.24. The summed E-state index contributed by atoms with van der Waals surface area (Å²) in [5.74, 6) is -0.246. The Labute approximate surface area is 139 Å². The SMILES string of the molecule is CCC(C)NCC(C)OCCOCCOCC(F)CNC(C)=O. The fraction of sp³-hybridized carbons (Fsp3) is 0.938. The molecular formula is C16H33FN2O4. The molecule has 0 radical (unpaired) electrons. The van der Waals surface area contributed by atoms with E-state index in [1.165, 1.54) is 6.92 Å². The molecule has 6 nitrogen and oxygen atoms in total. The maximum Gasteiger partial charge on any atom is 0.216 e. The zero-order chi connectivity index (χ0) is 17.5. The van der Waals surface area contributed by atoms with Gasteiger partial charge < -0.3 is 24.8 Å². The molecule has 138 valence electrons. The topological polar surface area (TPSA) is 68.8 Å². The number of carbonyl (C=O) groups excluding carboxylic acids is 1. The van der Waals surface area contributed by atoms with Crippen LogP contribution in [0.1, 0.15) is 34.1 Å². The molecule has 1 amide bonds. The fourth-order valence-electron chi connectivity index (χ4n) is 1.62. The molecule has 23 heavy (non-hydrogen) atoms. The molecule has 0 fully saturated rings. The molecule has 0 aliphatic rings. The van der Waals surface area contributed by atoms with Gasteiger partial charge in [-0.3, -0.25) is 4.79 Å². The average Bonchev–Trinajstić information content (AvgIpc) is 2.52. The van der Waals surface area contributed by atoms with Crippen LogP contribution in [0.25, 0.3) is 0 Å². The minimum Gasteiger partial charge on any atom is -0.377 e. The highest BCUT2D eigenvalue weighted by molar-refractivity contribution is 5.72. The van der Waals surface area contributed by atoms with E-state index in [2.05, 4.69) is 24.5 Å². The van der Waals surface area contributed by atoms with Crippen LogP contribution in [0.3, 0.4) is 0 Å². The highest BCUT2D eigenvalue weighted by Crippen LogP contribution is 1.94. The summed E-state index contributed by atoms with van der Waals surface area (Å²) in [5, 5.41) is 5.78. The van der Waals surface area contributed by atoms with Crippen molar-refractivity contribution in [3.8, 4) is 0 Å². The van der Waals surface area contributed by atoms with Gasteiger partial charge in [-0.05, 0) is 20.3 Å². The van der Waals surface area contributed by atoms with Gasteiger partial charge in [0.1, 0.15) is 6.17 Å². The molecular weight excluding hydrogens is 303 g/mol. The van der Waals surface area contributed by atoms with Crippen LogP contribution < -0.4 is 10.6 Å². The Bertz CT molecular complexity index is 295. The predicted octanol–water partition coefficient (Wildman–Crippen LogP) is 1.29. The number of halogens is 1. The summed E-state index contributed by atoms with van der Waals surface area (Å²) in [6.45, 7) is 10.2. The van der Waals surface area contributed by atoms with Gasteiger partial charge in [0.2, 0.25) is 5.91 Å². The number of ether oxygens (including phenoxy) is 3. The normalized spacial score (nSPS) is 15.2. The van der Waals surface area contributed by atoms with Crippen molar-refractivity contribution in [3.05, 3.63) is 0 Å². The molecule has 0 aromatic carbocycles. The Balaban J connectivity index is 3.31. The van der Waals surface area contributed by atoms with Gasteiger partial charge in [0, 0.05) is 19.5 Å². The first kappa shape index (κ1) is 22.2. The standard InChI is InChI=1S/C16H33FN2O4/c1-5-13(2)18-10-14(3)23-9-8-21-6-7-22-12-16(17)11-19-15(4)20/h13-14,16,18H,5-12H2,1-4H3,(H,19,20). The molecule has 3 atom stereocenters. The maximum absolute atomic E-state index is 13.2. The molecule has 0 rings (SSSR count). The number of hydrogen-bond acceptors (Lipinski definition) is 5. The molecule has 0 heterocycles. The van der Waals surface area contributed by atoms with Gasteiger partial charge in [-0.1, -0.05) is 6.92 Å². The third-order valence-electron chi connectivity index (χ3n) is 3.24. The zero-order valence-electron chi connectivity index (χ0n) is 14.9. The summed E-state index contributed by atoms with van der Waals surface area (Å²) in [6.07, 6.45) is 0.0476. The first-order valence-corrected chi connectivity index (χ1v) is 8.34. The molecule has 0 saturated heterocycles. The fourth-order valence-corrected chi connectivity index (χ4v) is 1.62. The summed E-state index contributed by atoms with van der Waals surface area (Å²) in [6, 6.07) is 0.499. The van der Waals surface area contributed by atoms with Crippen molar-refractivity contribution >= 4 is 5.91 Å². The summed E-state index contributed by atoms with van der Waals surface area (Å²) in [5.41, 5.74) is 0. The smallest absolute Gasteiger partial charge is 0.216 e. The molecule has 3 unspecified atom stereocenters. The Hall–Kier alpha value is -0.760. The van der Waals surface area contributed by atoms with Gasteiger partial charge in [0.05, 0.1) is 45.7 Å². The van der Waals surface area contributed by atoms with Crippen molar-refractivity contribution in [2.24, 2.45) is 0 Å². The van der Waals surface area contributed by atoms with Gasteiger partial charge in [0.25, 0.3) is 0 Å². The maximum atomic E-state index is 13.2. The summed E-state index contributed by atoms with van der Waals surface area (Å²) in [4.78, 5) is 10.6. The van der Waals surface area contributed by atoms with Gasteiger partial charge >= 0.3 is 0 Å². The van der Waals surface area contributed by atoms with Crippen molar-refractivity contribution in [1.82, 2.24) is 10.6 Å². The van der Waals surface area contributed by atoms with Crippen LogP contribution in [-0.4, -0.2) is 70.3 Å². The summed E-state index contributed by atoms with van der Waals surface area (Å²) < 4.78 is 29.3. The number of hydrogen-bond donors (Lipinski definition) is 2. The Morgan fingerprint density at radius 2 is 1.74 bits per heavy atom. The van der Waals surface area contributed by atoms with E-state index in [9.17, 15) is 9.18 Å². The monoisotopic (exact) mass is 336 g/mol. The van der Waals surface area contributed by atoms with Gasteiger partial charge in [-0.25, -0.2) is 4.39 Å². The first-order valence-electron chi connectivity index (χ1n) is 8.34. The Morgan fingerprint density at radius 3 is 2.39 bits per heavy atom. The van der Waals surface area contributed by atoms with Crippen LogP contribution in [0.2, 0.25) is 0 Å². The lowest BCUT2D eigenvalue weighted by Crippen LogP contribution is -2.33. The predicted molar refractivity (Wildman–Crippen MR) is 88.4 cm³/mol. The molecule has 0 bridgehead atoms. The molecule has 0 aromatic rings. The van der Waals surface area contributed by atoms with Gasteiger partial charge in [0.15, 0.2) is 0 Å². The number of alkyl halides is 1. The van der Waals surface area contributed by atoms with E-state index < -0.39 is 6.17 Å². The molecule has 0 saturated carbocycles. The van der Waals surface area contributed by atoms with Crippen molar-refractivity contribution < 1.29 is 23.4 Å². The molecule has 0 spiro atoms. The molecule has 2 N–H and O–H groups in total. The second-order valence-electron chi connectivity index (χ2n) is 5.62. The zero-order valence-corrected chi connectivity index (χ0v) is 14.9. The van der Waals surface area contributed by atoms with Crippen LogP contribution in [0.15, 0.2) is 0 Å². The van der Waals surface area contributed by atoms with Gasteiger partial charge in [-0.2, -0.15) is 0 Å². The number of carbonyl (C=O) groups is 1. The Kier molecular flexibility index (Phi) is 14.3. The van der Waals surface area contributed by atoms with E-state index >= 15 is 0 Å². The quantitative estimate of drug-likeness (QED) is 0.441. The second-order valence-corrected chi connectivity index (χ2v) is 5.62. The van der Waals surface area contributed by atoms with E-state index in [0.717, 1.165) is 13.0 Å². The van der Waals surface area contributed by atoms with Crippen molar-refractivity contribution in [2.75, 3.05) is 46.1 Å². The number of rotatable bonds is 15. The van der Waals surface area contributed by atoms with E-state index in [1.54, 1.807) is 0 Å². The number of nitrogens with one attached hydrogen (secondary N) is 2. The molecule has 0 aliphatic heterocycles. The van der Waals surface area contributed by atoms with E-state index in [0.29, 0.717) is 32.5 Å². The van der Waals surface area contributed by atoms with E-state index in [4.69, 9.17) is 14.2 Å². The van der Waals surface area contributed by atoms with Crippen molar-refractivity contribution in [3.63, 3.8) is 0 Å².